The molecular weight excluding hydrogens is 342 g/mol. The fraction of sp³-hybridized carbons (Fsp3) is 0.476. The first-order valence-corrected chi connectivity index (χ1v) is 9.52. The van der Waals surface area contributed by atoms with Crippen LogP contribution >= 0.6 is 0 Å². The van der Waals surface area contributed by atoms with Gasteiger partial charge in [-0.15, -0.1) is 0 Å². The SMILES string of the molecule is COc1ccc(CN2C[C@@H]3C[C@@H](CNC(=O)c4cccn4C)O[C@@H]3C2)cc1. The van der Waals surface area contributed by atoms with Gasteiger partial charge in [0.1, 0.15) is 11.4 Å². The molecule has 0 bridgehead atoms. The van der Waals surface area contributed by atoms with Gasteiger partial charge in [0.15, 0.2) is 0 Å². The predicted molar refractivity (Wildman–Crippen MR) is 103 cm³/mol. The van der Waals surface area contributed by atoms with E-state index in [0.29, 0.717) is 18.2 Å². The molecule has 0 saturated carbocycles. The molecule has 2 saturated heterocycles. The van der Waals surface area contributed by atoms with Crippen LogP contribution in [0.4, 0.5) is 0 Å². The van der Waals surface area contributed by atoms with Crippen molar-refractivity contribution in [1.82, 2.24) is 14.8 Å². The van der Waals surface area contributed by atoms with Crippen molar-refractivity contribution in [3.05, 3.63) is 53.9 Å². The van der Waals surface area contributed by atoms with E-state index in [1.807, 2.05) is 42.1 Å². The van der Waals surface area contributed by atoms with Crippen molar-refractivity contribution >= 4 is 5.91 Å². The third-order valence-corrected chi connectivity index (χ3v) is 5.62. The summed E-state index contributed by atoms with van der Waals surface area (Å²) in [6.07, 6.45) is 3.28. The van der Waals surface area contributed by atoms with Gasteiger partial charge in [-0.05, 0) is 36.2 Å². The third kappa shape index (κ3) is 4.01. The number of rotatable bonds is 6. The average Bonchev–Trinajstić information content (AvgIpc) is 3.35. The van der Waals surface area contributed by atoms with Gasteiger partial charge in [0, 0.05) is 45.3 Å². The number of methoxy groups -OCH3 is 1. The Balaban J connectivity index is 1.23. The van der Waals surface area contributed by atoms with Gasteiger partial charge in [-0.1, -0.05) is 12.1 Å². The normalized spacial score (nSPS) is 24.7. The molecule has 144 valence electrons. The summed E-state index contributed by atoms with van der Waals surface area (Å²) in [4.78, 5) is 14.7. The van der Waals surface area contributed by atoms with Gasteiger partial charge in [0.05, 0.1) is 19.3 Å². The van der Waals surface area contributed by atoms with E-state index in [1.54, 1.807) is 7.11 Å². The van der Waals surface area contributed by atoms with Crippen LogP contribution in [0.5, 0.6) is 5.75 Å². The maximum atomic E-state index is 12.2. The summed E-state index contributed by atoms with van der Waals surface area (Å²) in [5.74, 6) is 1.41. The standard InChI is InChI=1S/C21H27N3O3/c1-23-9-3-4-19(23)21(25)22-11-18-10-16-13-24(14-20(16)27-18)12-15-5-7-17(26-2)8-6-15/h3-9,16,18,20H,10-14H2,1-2H3,(H,22,25)/t16-,18-,20+/m0/s1. The molecule has 27 heavy (non-hydrogen) atoms. The lowest BCUT2D eigenvalue weighted by atomic mass is 10.0. The van der Waals surface area contributed by atoms with Crippen LogP contribution in [0.3, 0.4) is 0 Å². The number of hydrogen-bond acceptors (Lipinski definition) is 4. The maximum Gasteiger partial charge on any atom is 0.267 e. The number of nitrogens with one attached hydrogen (secondary N) is 1. The lowest BCUT2D eigenvalue weighted by Crippen LogP contribution is -2.34. The highest BCUT2D eigenvalue weighted by Gasteiger charge is 2.41. The van der Waals surface area contributed by atoms with Gasteiger partial charge in [0.25, 0.3) is 5.91 Å². The highest BCUT2D eigenvalue weighted by Crippen LogP contribution is 2.33. The summed E-state index contributed by atoms with van der Waals surface area (Å²) >= 11 is 0. The van der Waals surface area contributed by atoms with E-state index < -0.39 is 0 Å². The van der Waals surface area contributed by atoms with E-state index in [-0.39, 0.29) is 18.1 Å². The molecule has 2 fully saturated rings. The number of benzene rings is 1. The van der Waals surface area contributed by atoms with Gasteiger partial charge >= 0.3 is 0 Å². The molecule has 0 radical (unpaired) electrons. The summed E-state index contributed by atoms with van der Waals surface area (Å²) in [6, 6.07) is 12.0. The highest BCUT2D eigenvalue weighted by atomic mass is 16.5. The minimum absolute atomic E-state index is 0.0377. The average molecular weight is 369 g/mol. The Morgan fingerprint density at radius 2 is 2.07 bits per heavy atom. The first kappa shape index (κ1) is 18.1. The number of carbonyl (C=O) groups is 1. The van der Waals surface area contributed by atoms with Crippen LogP contribution in [0.15, 0.2) is 42.6 Å². The number of hydrogen-bond donors (Lipinski definition) is 1. The molecule has 1 aromatic carbocycles. The molecule has 4 rings (SSSR count). The quantitative estimate of drug-likeness (QED) is 0.847. The van der Waals surface area contributed by atoms with Crippen LogP contribution < -0.4 is 10.1 Å². The second-order valence-electron chi connectivity index (χ2n) is 7.55. The first-order chi connectivity index (χ1) is 13.1. The van der Waals surface area contributed by atoms with Gasteiger partial charge in [-0.25, -0.2) is 0 Å². The molecule has 3 atom stereocenters. The van der Waals surface area contributed by atoms with Gasteiger partial charge in [-0.2, -0.15) is 0 Å². The summed E-state index contributed by atoms with van der Waals surface area (Å²) < 4.78 is 13.3. The number of aryl methyl sites for hydroxylation is 1. The minimum Gasteiger partial charge on any atom is -0.497 e. The van der Waals surface area contributed by atoms with E-state index in [2.05, 4.69) is 22.3 Å². The van der Waals surface area contributed by atoms with Crippen LogP contribution in [-0.4, -0.2) is 54.3 Å². The monoisotopic (exact) mass is 369 g/mol. The molecule has 6 nitrogen and oxygen atoms in total. The zero-order valence-electron chi connectivity index (χ0n) is 15.9. The van der Waals surface area contributed by atoms with Crippen molar-refractivity contribution in [2.45, 2.75) is 25.2 Å². The fourth-order valence-electron chi connectivity index (χ4n) is 4.19. The largest absolute Gasteiger partial charge is 0.497 e. The number of aromatic nitrogens is 1. The lowest BCUT2D eigenvalue weighted by molar-refractivity contribution is 0.0371. The third-order valence-electron chi connectivity index (χ3n) is 5.62. The summed E-state index contributed by atoms with van der Waals surface area (Å²) in [5, 5.41) is 3.01. The number of likely N-dealkylation sites (tertiary alicyclic amines) is 1. The second kappa shape index (κ2) is 7.74. The van der Waals surface area contributed by atoms with Gasteiger partial charge in [0.2, 0.25) is 0 Å². The highest BCUT2D eigenvalue weighted by molar-refractivity contribution is 5.92. The predicted octanol–water partition coefficient (Wildman–Crippen LogP) is 2.05. The van der Waals surface area contributed by atoms with Crippen LogP contribution in [-0.2, 0) is 18.3 Å². The van der Waals surface area contributed by atoms with Crippen LogP contribution in [0, 0.1) is 5.92 Å². The molecule has 2 aromatic rings. The Hall–Kier alpha value is -2.31. The molecular formula is C21H27N3O3. The van der Waals surface area contributed by atoms with E-state index in [1.165, 1.54) is 5.56 Å². The van der Waals surface area contributed by atoms with Gasteiger partial charge < -0.3 is 19.4 Å². The molecule has 3 heterocycles. The first-order valence-electron chi connectivity index (χ1n) is 9.52. The van der Waals surface area contributed by atoms with E-state index in [4.69, 9.17) is 9.47 Å². The summed E-state index contributed by atoms with van der Waals surface area (Å²) in [5.41, 5.74) is 1.97. The van der Waals surface area contributed by atoms with Crippen molar-refractivity contribution < 1.29 is 14.3 Å². The molecule has 2 aliphatic rings. The topological polar surface area (TPSA) is 55.7 Å². The Labute approximate surface area is 160 Å². The van der Waals surface area contributed by atoms with E-state index >= 15 is 0 Å². The van der Waals surface area contributed by atoms with E-state index in [0.717, 1.165) is 31.8 Å². The molecule has 6 heteroatoms. The maximum absolute atomic E-state index is 12.2. The van der Waals surface area contributed by atoms with Gasteiger partial charge in [-0.3, -0.25) is 9.69 Å². The van der Waals surface area contributed by atoms with Crippen LogP contribution in [0.2, 0.25) is 0 Å². The van der Waals surface area contributed by atoms with Crippen LogP contribution in [0.1, 0.15) is 22.5 Å². The lowest BCUT2D eigenvalue weighted by Gasteiger charge is -2.19. The Morgan fingerprint density at radius 3 is 2.74 bits per heavy atom. The molecule has 0 aliphatic carbocycles. The number of ether oxygens (including phenoxy) is 2. The number of amides is 1. The van der Waals surface area contributed by atoms with Crippen molar-refractivity contribution in [1.29, 1.82) is 0 Å². The summed E-state index contributed by atoms with van der Waals surface area (Å²) in [7, 11) is 3.56. The van der Waals surface area contributed by atoms with E-state index in [9.17, 15) is 4.79 Å². The summed E-state index contributed by atoms with van der Waals surface area (Å²) in [6.45, 7) is 3.53. The number of carbonyl (C=O) groups excluding carboxylic acids is 1. The zero-order valence-corrected chi connectivity index (χ0v) is 15.9. The molecule has 2 aliphatic heterocycles. The zero-order chi connectivity index (χ0) is 18.8. The molecule has 1 aromatic heterocycles. The Kier molecular flexibility index (Phi) is 5.18. The molecule has 1 amide bonds. The Morgan fingerprint density at radius 1 is 1.26 bits per heavy atom. The fourth-order valence-corrected chi connectivity index (χ4v) is 4.19. The van der Waals surface area contributed by atoms with Crippen LogP contribution in [0.25, 0.3) is 0 Å². The van der Waals surface area contributed by atoms with Crippen molar-refractivity contribution in [2.24, 2.45) is 13.0 Å². The Bertz CT molecular complexity index is 772. The molecule has 1 N–H and O–H groups in total. The molecule has 0 unspecified atom stereocenters. The number of fused-ring (bicyclic) bond motifs is 1. The molecule has 0 spiro atoms. The minimum atomic E-state index is -0.0377. The number of nitrogens with zero attached hydrogens (tertiary/aromatic N) is 2. The smallest absolute Gasteiger partial charge is 0.267 e. The van der Waals surface area contributed by atoms with Crippen molar-refractivity contribution in [3.63, 3.8) is 0 Å². The second-order valence-corrected chi connectivity index (χ2v) is 7.55. The van der Waals surface area contributed by atoms with Crippen molar-refractivity contribution in [3.8, 4) is 5.75 Å². The van der Waals surface area contributed by atoms with Crippen molar-refractivity contribution in [2.75, 3.05) is 26.7 Å².